The van der Waals surface area contributed by atoms with Gasteiger partial charge in [-0.25, -0.2) is 14.8 Å². The third-order valence-electron chi connectivity index (χ3n) is 13.2. The van der Waals surface area contributed by atoms with Crippen molar-refractivity contribution in [3.05, 3.63) is 117 Å². The Balaban J connectivity index is 0.000000183. The third kappa shape index (κ3) is 13.4. The molecular weight excluding hydrogens is 1000 g/mol. The minimum Gasteiger partial charge on any atom is -0.444 e. The van der Waals surface area contributed by atoms with Crippen molar-refractivity contribution in [3.63, 3.8) is 0 Å². The molecule has 6 aromatic rings. The lowest BCUT2D eigenvalue weighted by molar-refractivity contribution is 0.0452. The van der Waals surface area contributed by atoms with Crippen molar-refractivity contribution in [1.82, 2.24) is 25.1 Å². The highest BCUT2D eigenvalue weighted by Crippen LogP contribution is 2.39. The van der Waals surface area contributed by atoms with E-state index in [1.807, 2.05) is 74.5 Å². The molecule has 18 heteroatoms. The largest absolute Gasteiger partial charge is 0.444 e. The predicted molar refractivity (Wildman–Crippen MR) is 293 cm³/mol. The minimum absolute atomic E-state index is 0.00275. The molecular formula is C55H62Cl2N8O6S2. The van der Waals surface area contributed by atoms with Gasteiger partial charge in [0, 0.05) is 119 Å². The quantitative estimate of drug-likeness (QED) is 0.142. The Hall–Kier alpha value is -5.59. The molecule has 4 aliphatic rings. The summed E-state index contributed by atoms with van der Waals surface area (Å²) >= 11 is 16.7. The molecule has 14 nitrogen and oxygen atoms in total. The Labute approximate surface area is 445 Å². The number of rotatable bonds is 9. The first kappa shape index (κ1) is 52.3. The average molecular weight is 1070 g/mol. The SMILES string of the molecule is CC(C)(C)OC(=O)NC1CCCN(C(=O)c2ccc(-c3csc(-c4ccnc(N5CCOCC5)c4)c3)c(Cl)c2)C1.NC1CCCN(C(=O)c2ccc(-c3csc(-c4ccnc(N5CCOCC5)c4)c3)c(Cl)c2)C1. The van der Waals surface area contributed by atoms with E-state index in [4.69, 9.17) is 43.1 Å². The van der Waals surface area contributed by atoms with Crippen LogP contribution in [0.5, 0.6) is 0 Å². The highest BCUT2D eigenvalue weighted by Gasteiger charge is 2.28. The summed E-state index contributed by atoms with van der Waals surface area (Å²) in [7, 11) is 0. The van der Waals surface area contributed by atoms with E-state index in [-0.39, 0.29) is 23.9 Å². The molecule has 4 aliphatic heterocycles. The topological polar surface area (TPSA) is 156 Å². The number of ether oxygens (including phenoxy) is 3. The van der Waals surface area contributed by atoms with E-state index in [9.17, 15) is 14.4 Å². The Morgan fingerprint density at radius 3 is 1.59 bits per heavy atom. The van der Waals surface area contributed by atoms with Gasteiger partial charge in [-0.05, 0) is 140 Å². The Morgan fingerprint density at radius 2 is 1.12 bits per heavy atom. The van der Waals surface area contributed by atoms with Crippen molar-refractivity contribution in [1.29, 1.82) is 0 Å². The number of morpholine rings is 2. The van der Waals surface area contributed by atoms with Crippen LogP contribution in [0.2, 0.25) is 10.0 Å². The van der Waals surface area contributed by atoms with Gasteiger partial charge in [-0.15, -0.1) is 22.7 Å². The molecule has 73 heavy (non-hydrogen) atoms. The zero-order valence-corrected chi connectivity index (χ0v) is 44.6. The number of hydrogen-bond acceptors (Lipinski definition) is 13. The van der Waals surface area contributed by atoms with Crippen LogP contribution in [-0.2, 0) is 14.2 Å². The summed E-state index contributed by atoms with van der Waals surface area (Å²) in [6.45, 7) is 14.2. The number of amides is 3. The molecule has 0 bridgehead atoms. The summed E-state index contributed by atoms with van der Waals surface area (Å²) in [5, 5.41) is 8.20. The molecule has 2 atom stereocenters. The van der Waals surface area contributed by atoms with E-state index in [2.05, 4.69) is 60.1 Å². The van der Waals surface area contributed by atoms with Crippen molar-refractivity contribution in [3.8, 4) is 43.1 Å². The summed E-state index contributed by atoms with van der Waals surface area (Å²) < 4.78 is 16.3. The average Bonchev–Trinajstić information content (AvgIpc) is 4.10. The Kier molecular flexibility index (Phi) is 17.0. The normalized spacial score (nSPS) is 18.4. The molecule has 384 valence electrons. The minimum atomic E-state index is -0.569. The van der Waals surface area contributed by atoms with Crippen LogP contribution in [0.15, 0.2) is 96.0 Å². The van der Waals surface area contributed by atoms with Crippen LogP contribution >= 0.6 is 45.9 Å². The number of aromatic nitrogens is 2. The number of benzene rings is 2. The fraction of sp³-hybridized carbons (Fsp3) is 0.400. The van der Waals surface area contributed by atoms with Gasteiger partial charge in [-0.3, -0.25) is 9.59 Å². The molecule has 3 N–H and O–H groups in total. The fourth-order valence-corrected chi connectivity index (χ4v) is 11.8. The molecule has 4 fully saturated rings. The maximum atomic E-state index is 13.3. The number of pyridine rings is 2. The fourth-order valence-electron chi connectivity index (χ4n) is 9.41. The Morgan fingerprint density at radius 1 is 0.644 bits per heavy atom. The van der Waals surface area contributed by atoms with Crippen LogP contribution in [0.1, 0.15) is 67.2 Å². The Bertz CT molecular complexity index is 2900. The van der Waals surface area contributed by atoms with Crippen LogP contribution in [0, 0.1) is 0 Å². The van der Waals surface area contributed by atoms with Gasteiger partial charge in [0.15, 0.2) is 0 Å². The molecule has 0 aliphatic carbocycles. The first-order valence-electron chi connectivity index (χ1n) is 24.9. The van der Waals surface area contributed by atoms with E-state index in [1.54, 1.807) is 39.7 Å². The van der Waals surface area contributed by atoms with Crippen LogP contribution in [-0.4, -0.2) is 134 Å². The number of nitrogens with zero attached hydrogens (tertiary/aromatic N) is 6. The highest BCUT2D eigenvalue weighted by atomic mass is 35.5. The van der Waals surface area contributed by atoms with Gasteiger partial charge in [0.05, 0.1) is 26.4 Å². The van der Waals surface area contributed by atoms with Crippen LogP contribution in [0.25, 0.3) is 43.1 Å². The summed E-state index contributed by atoms with van der Waals surface area (Å²) in [5.41, 5.74) is 12.7. The number of carbonyl (C=O) groups is 3. The maximum Gasteiger partial charge on any atom is 0.407 e. The van der Waals surface area contributed by atoms with Crippen molar-refractivity contribution >= 4 is 75.4 Å². The molecule has 8 heterocycles. The van der Waals surface area contributed by atoms with E-state index >= 15 is 0 Å². The second-order valence-electron chi connectivity index (χ2n) is 19.7. The number of carbonyl (C=O) groups excluding carboxylic acids is 3. The van der Waals surface area contributed by atoms with Crippen LogP contribution in [0.3, 0.4) is 0 Å². The van der Waals surface area contributed by atoms with E-state index in [0.717, 1.165) is 126 Å². The molecule has 0 spiro atoms. The summed E-state index contributed by atoms with van der Waals surface area (Å²) in [4.78, 5) is 57.9. The van der Waals surface area contributed by atoms with Gasteiger partial charge in [0.1, 0.15) is 17.2 Å². The van der Waals surface area contributed by atoms with E-state index in [1.165, 1.54) is 0 Å². The number of thiophene rings is 2. The number of likely N-dealkylation sites (tertiary alicyclic amines) is 2. The molecule has 4 saturated heterocycles. The monoisotopic (exact) mass is 1060 g/mol. The number of alkyl carbamates (subject to hydrolysis) is 1. The lowest BCUT2D eigenvalue weighted by Gasteiger charge is -2.33. The van der Waals surface area contributed by atoms with Gasteiger partial charge < -0.3 is 44.9 Å². The molecule has 0 saturated carbocycles. The standard InChI is InChI=1S/C30H35ClN4O4S.C25H27ClN4O2S/c1-30(2,3)39-29(37)33-23-5-4-10-35(18-23)28(36)21-6-7-24(25(31)15-21)22-16-26(40-19-22)20-8-9-32-27(17-20)34-11-13-38-14-12-34;26-22-12-18(25(31)30-7-1-2-20(27)15-30)3-4-21(22)19-13-23(33-16-19)17-5-6-28-24(14-17)29-8-10-32-11-9-29/h6-9,15-17,19,23H,4-5,10-14,18H2,1-3H3,(H,33,37);3-6,12-14,16,20H,1-2,7-11,15,27H2. The number of nitrogens with one attached hydrogen (secondary N) is 1. The van der Waals surface area contributed by atoms with Crippen molar-refractivity contribution in [2.45, 2.75) is 64.1 Å². The number of halogens is 2. The molecule has 3 amide bonds. The van der Waals surface area contributed by atoms with Gasteiger partial charge in [0.25, 0.3) is 11.8 Å². The number of piperidine rings is 2. The summed E-state index contributed by atoms with van der Waals surface area (Å²) in [5.74, 6) is 1.83. The van der Waals surface area contributed by atoms with Crippen LogP contribution < -0.4 is 20.9 Å². The van der Waals surface area contributed by atoms with Gasteiger partial charge in [-0.2, -0.15) is 0 Å². The van der Waals surface area contributed by atoms with E-state index < -0.39 is 11.7 Å². The van der Waals surface area contributed by atoms with Gasteiger partial charge in [0.2, 0.25) is 0 Å². The number of anilines is 2. The second-order valence-corrected chi connectivity index (χ2v) is 22.3. The molecule has 0 radical (unpaired) electrons. The van der Waals surface area contributed by atoms with Crippen molar-refractivity contribution in [2.75, 3.05) is 88.6 Å². The maximum absolute atomic E-state index is 13.3. The van der Waals surface area contributed by atoms with Gasteiger partial charge in [-0.1, -0.05) is 35.3 Å². The van der Waals surface area contributed by atoms with Crippen LogP contribution in [0.4, 0.5) is 16.4 Å². The lowest BCUT2D eigenvalue weighted by Crippen LogP contribution is -2.50. The second kappa shape index (κ2) is 23.7. The van der Waals surface area contributed by atoms with Crippen molar-refractivity contribution < 1.29 is 28.6 Å². The summed E-state index contributed by atoms with van der Waals surface area (Å²) in [6.07, 6.45) is 6.76. The highest BCUT2D eigenvalue weighted by molar-refractivity contribution is 7.14. The smallest absolute Gasteiger partial charge is 0.407 e. The van der Waals surface area contributed by atoms with Gasteiger partial charge >= 0.3 is 6.09 Å². The molecule has 4 aromatic heterocycles. The molecule has 2 unspecified atom stereocenters. The zero-order valence-electron chi connectivity index (χ0n) is 41.5. The third-order valence-corrected chi connectivity index (χ3v) is 15.7. The predicted octanol–water partition coefficient (Wildman–Crippen LogP) is 10.6. The number of nitrogens with two attached hydrogens (primary N) is 1. The van der Waals surface area contributed by atoms with E-state index in [0.29, 0.717) is 54.0 Å². The summed E-state index contributed by atoms with van der Waals surface area (Å²) in [6, 6.07) is 23.5. The zero-order chi connectivity index (χ0) is 51.1. The molecule has 10 rings (SSSR count). The lowest BCUT2D eigenvalue weighted by atomic mass is 10.0. The number of hydrogen-bond donors (Lipinski definition) is 2. The first-order chi connectivity index (χ1) is 35.2. The van der Waals surface area contributed by atoms with Crippen molar-refractivity contribution in [2.24, 2.45) is 5.73 Å². The molecule has 2 aromatic carbocycles. The first-order valence-corrected chi connectivity index (χ1v) is 27.4.